The van der Waals surface area contributed by atoms with E-state index < -0.39 is 0 Å². The van der Waals surface area contributed by atoms with E-state index in [9.17, 15) is 8.78 Å². The van der Waals surface area contributed by atoms with E-state index in [1.807, 2.05) is 24.4 Å². The van der Waals surface area contributed by atoms with Crippen molar-refractivity contribution in [2.24, 2.45) is 0 Å². The van der Waals surface area contributed by atoms with Crippen LogP contribution < -0.4 is 4.90 Å². The fraction of sp³-hybridized carbons (Fsp3) is 0.0455. The fourth-order valence-electron chi connectivity index (χ4n) is 5.62. The van der Waals surface area contributed by atoms with Crippen LogP contribution in [-0.4, -0.2) is 0 Å². The average Bonchev–Trinajstić information content (AvgIpc) is 3.10. The van der Waals surface area contributed by atoms with Crippen molar-refractivity contribution in [1.82, 2.24) is 0 Å². The van der Waals surface area contributed by atoms with Crippen LogP contribution in [0.4, 0.5) is 20.2 Å². The summed E-state index contributed by atoms with van der Waals surface area (Å²) >= 11 is 0. The Morgan fingerprint density at radius 1 is 0.511 bits per heavy atom. The second kappa shape index (κ2) is 14.5. The van der Waals surface area contributed by atoms with Crippen LogP contribution in [0.2, 0.25) is 0 Å². The molecule has 6 aromatic rings. The number of halogens is 2. The summed E-state index contributed by atoms with van der Waals surface area (Å²) < 4.78 is 27.9. The van der Waals surface area contributed by atoms with Gasteiger partial charge in [-0.2, -0.15) is 0 Å². The quantitative estimate of drug-likeness (QED) is 0.146. The molecule has 0 saturated heterocycles. The first kappa shape index (κ1) is 31.2. The molecule has 0 amide bonds. The Bertz CT molecular complexity index is 1950. The third-order valence-corrected chi connectivity index (χ3v) is 8.09. The zero-order chi connectivity index (χ0) is 32.6. The highest BCUT2D eigenvalue weighted by atomic mass is 19.1. The highest BCUT2D eigenvalue weighted by Gasteiger charge is 2.14. The SMILES string of the molecule is Cc1cccc(N(C=C(c2ccc(F)cc2)c2ccc(F)cc2)c2ccc(C=CC=C(c3ccccc3)c3ccccc3)c(C)c2)c1. The van der Waals surface area contributed by atoms with E-state index in [0.29, 0.717) is 0 Å². The number of rotatable bonds is 9. The lowest BCUT2D eigenvalue weighted by atomic mass is 9.97. The van der Waals surface area contributed by atoms with Crippen molar-refractivity contribution >= 4 is 28.6 Å². The van der Waals surface area contributed by atoms with Crippen LogP contribution in [0.3, 0.4) is 0 Å². The molecule has 0 N–H and O–H groups in total. The monoisotopic (exact) mass is 615 g/mol. The standard InChI is InChI=1S/C44H35F2N/c1-32-11-9-17-41(29-32)47(31-44(37-19-24-39(45)25-20-37)38-21-26-40(46)27-22-38)42-28-23-34(33(2)30-42)16-10-18-43(35-12-5-3-6-13-35)36-14-7-4-8-15-36/h3-31H,1-2H3. The van der Waals surface area contributed by atoms with Crippen LogP contribution >= 0.6 is 0 Å². The van der Waals surface area contributed by atoms with Gasteiger partial charge in [0.05, 0.1) is 0 Å². The van der Waals surface area contributed by atoms with Crippen LogP contribution in [0, 0.1) is 25.5 Å². The summed E-state index contributed by atoms with van der Waals surface area (Å²) in [6.07, 6.45) is 8.46. The molecule has 0 fully saturated rings. The summed E-state index contributed by atoms with van der Waals surface area (Å²) in [6.45, 7) is 4.18. The van der Waals surface area contributed by atoms with Gasteiger partial charge in [-0.1, -0.05) is 121 Å². The Hall–Kier alpha value is -5.80. The van der Waals surface area contributed by atoms with Crippen molar-refractivity contribution in [3.05, 3.63) is 221 Å². The molecule has 0 saturated carbocycles. The first-order valence-electron chi connectivity index (χ1n) is 15.6. The summed E-state index contributed by atoms with van der Waals surface area (Å²) in [6, 6.07) is 48.4. The number of benzene rings is 6. The van der Waals surface area contributed by atoms with Gasteiger partial charge in [0.15, 0.2) is 0 Å². The molecule has 6 rings (SSSR count). The van der Waals surface area contributed by atoms with Crippen LogP contribution in [0.15, 0.2) is 170 Å². The van der Waals surface area contributed by atoms with Gasteiger partial charge in [0.25, 0.3) is 0 Å². The Balaban J connectivity index is 1.41. The van der Waals surface area contributed by atoms with Gasteiger partial charge in [0, 0.05) is 23.1 Å². The maximum atomic E-state index is 13.9. The van der Waals surface area contributed by atoms with Crippen molar-refractivity contribution < 1.29 is 8.78 Å². The van der Waals surface area contributed by atoms with E-state index in [0.717, 1.165) is 61.5 Å². The highest BCUT2D eigenvalue weighted by Crippen LogP contribution is 2.33. The number of nitrogens with zero attached hydrogens (tertiary/aromatic N) is 1. The fourth-order valence-corrected chi connectivity index (χ4v) is 5.62. The molecule has 0 aliphatic rings. The predicted octanol–water partition coefficient (Wildman–Crippen LogP) is 12.0. The molecule has 0 heterocycles. The molecule has 0 aliphatic carbocycles. The minimum absolute atomic E-state index is 0.309. The summed E-state index contributed by atoms with van der Waals surface area (Å²) in [4.78, 5) is 2.14. The largest absolute Gasteiger partial charge is 0.317 e. The predicted molar refractivity (Wildman–Crippen MR) is 193 cm³/mol. The average molecular weight is 616 g/mol. The van der Waals surface area contributed by atoms with Crippen LogP contribution in [0.5, 0.6) is 0 Å². The third-order valence-electron chi connectivity index (χ3n) is 8.09. The van der Waals surface area contributed by atoms with E-state index in [4.69, 9.17) is 0 Å². The van der Waals surface area contributed by atoms with Gasteiger partial charge in [-0.3, -0.25) is 0 Å². The first-order chi connectivity index (χ1) is 22.9. The summed E-state index contributed by atoms with van der Waals surface area (Å²) in [5.74, 6) is -0.618. The smallest absolute Gasteiger partial charge is 0.123 e. The molecule has 230 valence electrons. The van der Waals surface area contributed by atoms with Crippen molar-refractivity contribution in [2.75, 3.05) is 4.90 Å². The maximum absolute atomic E-state index is 13.9. The van der Waals surface area contributed by atoms with Crippen molar-refractivity contribution in [3.8, 4) is 0 Å². The maximum Gasteiger partial charge on any atom is 0.123 e. The van der Waals surface area contributed by atoms with Crippen molar-refractivity contribution in [2.45, 2.75) is 13.8 Å². The second-order valence-electron chi connectivity index (χ2n) is 11.5. The van der Waals surface area contributed by atoms with Crippen molar-refractivity contribution in [3.63, 3.8) is 0 Å². The molecule has 0 aliphatic heterocycles. The highest BCUT2D eigenvalue weighted by molar-refractivity contribution is 5.85. The van der Waals surface area contributed by atoms with Gasteiger partial charge < -0.3 is 4.90 Å². The van der Waals surface area contributed by atoms with E-state index in [2.05, 4.69) is 122 Å². The molecule has 1 nitrogen and oxygen atoms in total. The number of anilines is 2. The van der Waals surface area contributed by atoms with Crippen molar-refractivity contribution in [1.29, 1.82) is 0 Å². The summed E-state index contributed by atoms with van der Waals surface area (Å²) in [7, 11) is 0. The van der Waals surface area contributed by atoms with E-state index in [-0.39, 0.29) is 11.6 Å². The van der Waals surface area contributed by atoms with E-state index in [1.54, 1.807) is 24.3 Å². The Morgan fingerprint density at radius 3 is 1.57 bits per heavy atom. The van der Waals surface area contributed by atoms with Crippen LogP contribution in [0.1, 0.15) is 38.9 Å². The van der Waals surface area contributed by atoms with E-state index in [1.165, 1.54) is 24.3 Å². The van der Waals surface area contributed by atoms with Gasteiger partial charge in [0.2, 0.25) is 0 Å². The van der Waals surface area contributed by atoms with Gasteiger partial charge in [0.1, 0.15) is 11.6 Å². The Morgan fingerprint density at radius 2 is 1.04 bits per heavy atom. The third kappa shape index (κ3) is 7.71. The lowest BCUT2D eigenvalue weighted by molar-refractivity contribution is 0.627. The molecule has 0 spiro atoms. The van der Waals surface area contributed by atoms with Gasteiger partial charge in [-0.15, -0.1) is 0 Å². The molecule has 0 radical (unpaired) electrons. The van der Waals surface area contributed by atoms with Gasteiger partial charge in [-0.25, -0.2) is 8.78 Å². The van der Waals surface area contributed by atoms with Gasteiger partial charge in [-0.05, 0) is 107 Å². The number of aryl methyl sites for hydroxylation is 2. The minimum atomic E-state index is -0.309. The minimum Gasteiger partial charge on any atom is -0.317 e. The van der Waals surface area contributed by atoms with Crippen LogP contribution in [-0.2, 0) is 0 Å². The zero-order valence-electron chi connectivity index (χ0n) is 26.4. The summed E-state index contributed by atoms with van der Waals surface area (Å²) in [5.41, 5.74) is 11.3. The molecular formula is C44H35F2N. The number of allylic oxidation sites excluding steroid dienone is 2. The molecule has 0 atom stereocenters. The lowest BCUT2D eigenvalue weighted by Crippen LogP contribution is -2.11. The molecule has 0 bridgehead atoms. The molecular weight excluding hydrogens is 580 g/mol. The molecule has 0 aromatic heterocycles. The summed E-state index contributed by atoms with van der Waals surface area (Å²) in [5, 5.41) is 0. The molecule has 0 unspecified atom stereocenters. The molecule has 6 aromatic carbocycles. The zero-order valence-corrected chi connectivity index (χ0v) is 26.4. The molecule has 47 heavy (non-hydrogen) atoms. The topological polar surface area (TPSA) is 3.24 Å². The number of hydrogen-bond donors (Lipinski definition) is 0. The van der Waals surface area contributed by atoms with Gasteiger partial charge >= 0.3 is 0 Å². The second-order valence-corrected chi connectivity index (χ2v) is 11.5. The Kier molecular flexibility index (Phi) is 9.64. The van der Waals surface area contributed by atoms with Crippen LogP contribution in [0.25, 0.3) is 17.2 Å². The molecule has 3 heteroatoms. The normalized spacial score (nSPS) is 10.9. The number of hydrogen-bond acceptors (Lipinski definition) is 1. The van der Waals surface area contributed by atoms with E-state index >= 15 is 0 Å². The Labute approximate surface area is 276 Å². The lowest BCUT2D eigenvalue weighted by Gasteiger charge is -2.24. The first-order valence-corrected chi connectivity index (χ1v) is 15.6.